The van der Waals surface area contributed by atoms with Crippen LogP contribution in [0.1, 0.15) is 16.2 Å². The van der Waals surface area contributed by atoms with Crippen molar-refractivity contribution in [2.75, 3.05) is 37.1 Å². The van der Waals surface area contributed by atoms with Crippen LogP contribution in [0.15, 0.2) is 24.3 Å². The topological polar surface area (TPSA) is 106 Å². The quantitative estimate of drug-likeness (QED) is 0.785. The zero-order valence-corrected chi connectivity index (χ0v) is 12.7. The van der Waals surface area contributed by atoms with Crippen molar-refractivity contribution >= 4 is 23.6 Å². The molecule has 116 valence electrons. The molecule has 3 N–H and O–H groups in total. The maximum absolute atomic E-state index is 12.1. The molecule has 0 bridgehead atoms. The number of esters is 1. The summed E-state index contributed by atoms with van der Waals surface area (Å²) in [6, 6.07) is 7.07. The number of nitrogens with two attached hydrogens (primary N) is 1. The van der Waals surface area contributed by atoms with Gasteiger partial charge in [0.15, 0.2) is 12.4 Å². The zero-order chi connectivity index (χ0) is 16.1. The number of carbonyl (C=O) groups is 1. The van der Waals surface area contributed by atoms with Crippen molar-refractivity contribution in [2.45, 2.75) is 6.61 Å². The molecule has 8 nitrogen and oxygen atoms in total. The molecular weight excluding hydrogens is 284 g/mol. The van der Waals surface area contributed by atoms with Gasteiger partial charge < -0.3 is 20.7 Å². The van der Waals surface area contributed by atoms with Gasteiger partial charge >= 0.3 is 5.97 Å². The van der Waals surface area contributed by atoms with E-state index in [1.54, 1.807) is 44.2 Å². The summed E-state index contributed by atoms with van der Waals surface area (Å²) in [4.78, 5) is 25.9. The summed E-state index contributed by atoms with van der Waals surface area (Å²) in [5.41, 5.74) is 6.76. The summed E-state index contributed by atoms with van der Waals surface area (Å²) in [5, 5.41) is 2.94. The fraction of sp³-hybridized carbons (Fsp3) is 0.286. The number of ether oxygens (including phenoxy) is 1. The molecule has 0 atom stereocenters. The average molecular weight is 302 g/mol. The number of aromatic nitrogens is 3. The molecule has 0 unspecified atom stereocenters. The number of anilines is 3. The van der Waals surface area contributed by atoms with Gasteiger partial charge in [-0.1, -0.05) is 12.1 Å². The van der Waals surface area contributed by atoms with E-state index >= 15 is 0 Å². The van der Waals surface area contributed by atoms with E-state index in [0.29, 0.717) is 23.0 Å². The first-order valence-electron chi connectivity index (χ1n) is 6.63. The first-order chi connectivity index (χ1) is 10.5. The monoisotopic (exact) mass is 302 g/mol. The second-order valence-electron chi connectivity index (χ2n) is 4.68. The van der Waals surface area contributed by atoms with Crippen molar-refractivity contribution < 1.29 is 9.53 Å². The van der Waals surface area contributed by atoms with E-state index in [0.717, 1.165) is 0 Å². The second-order valence-corrected chi connectivity index (χ2v) is 4.68. The number of nitrogen functional groups attached to an aromatic ring is 1. The standard InChI is InChI=1S/C14H18N6O2/c1-16-10-7-5-4-6-9(10)12(21)22-8-11-17-13(15)19-14(18-11)20(2)3/h4-7,16H,8H2,1-3H3,(H2,15,17,18,19). The third-order valence-corrected chi connectivity index (χ3v) is 2.84. The molecule has 0 radical (unpaired) electrons. The molecule has 22 heavy (non-hydrogen) atoms. The molecule has 0 saturated carbocycles. The Morgan fingerprint density at radius 1 is 1.27 bits per heavy atom. The highest BCUT2D eigenvalue weighted by molar-refractivity contribution is 5.95. The largest absolute Gasteiger partial charge is 0.454 e. The minimum absolute atomic E-state index is 0.0789. The van der Waals surface area contributed by atoms with Gasteiger partial charge in [-0.3, -0.25) is 0 Å². The Kier molecular flexibility index (Phi) is 4.72. The number of para-hydroxylation sites is 1. The van der Waals surface area contributed by atoms with E-state index in [4.69, 9.17) is 10.5 Å². The fourth-order valence-corrected chi connectivity index (χ4v) is 1.78. The normalized spacial score (nSPS) is 10.1. The van der Waals surface area contributed by atoms with Crippen LogP contribution in [0.4, 0.5) is 17.6 Å². The Morgan fingerprint density at radius 2 is 2.00 bits per heavy atom. The number of hydrogen-bond donors (Lipinski definition) is 2. The Labute approximate surface area is 128 Å². The van der Waals surface area contributed by atoms with E-state index in [2.05, 4.69) is 20.3 Å². The first-order valence-corrected chi connectivity index (χ1v) is 6.63. The highest BCUT2D eigenvalue weighted by Crippen LogP contribution is 2.16. The van der Waals surface area contributed by atoms with Crippen LogP contribution in [0.3, 0.4) is 0 Å². The summed E-state index contributed by atoms with van der Waals surface area (Å²) in [5.74, 6) is 0.330. The number of benzene rings is 1. The van der Waals surface area contributed by atoms with Crippen LogP contribution in [0.2, 0.25) is 0 Å². The van der Waals surface area contributed by atoms with Crippen LogP contribution in [0, 0.1) is 0 Å². The molecular formula is C14H18N6O2. The molecule has 0 aliphatic carbocycles. The molecule has 0 saturated heterocycles. The SMILES string of the molecule is CNc1ccccc1C(=O)OCc1nc(N)nc(N(C)C)n1. The summed E-state index contributed by atoms with van der Waals surface area (Å²) < 4.78 is 5.24. The lowest BCUT2D eigenvalue weighted by Crippen LogP contribution is -2.17. The van der Waals surface area contributed by atoms with Crippen molar-refractivity contribution in [3.05, 3.63) is 35.7 Å². The maximum Gasteiger partial charge on any atom is 0.340 e. The van der Waals surface area contributed by atoms with Crippen LogP contribution in [0.5, 0.6) is 0 Å². The molecule has 2 rings (SSSR count). The van der Waals surface area contributed by atoms with E-state index in [1.807, 2.05) is 6.07 Å². The average Bonchev–Trinajstić information content (AvgIpc) is 2.52. The molecule has 0 spiro atoms. The summed E-state index contributed by atoms with van der Waals surface area (Å²) in [7, 11) is 5.31. The number of carbonyl (C=O) groups excluding carboxylic acids is 1. The van der Waals surface area contributed by atoms with Crippen LogP contribution < -0.4 is 16.0 Å². The van der Waals surface area contributed by atoms with Gasteiger partial charge in [-0.05, 0) is 12.1 Å². The minimum atomic E-state index is -0.463. The lowest BCUT2D eigenvalue weighted by Gasteiger charge is -2.12. The third-order valence-electron chi connectivity index (χ3n) is 2.84. The van der Waals surface area contributed by atoms with E-state index in [-0.39, 0.29) is 12.6 Å². The molecule has 8 heteroatoms. The maximum atomic E-state index is 12.1. The molecule has 1 heterocycles. The Hall–Kier alpha value is -2.90. The Balaban J connectivity index is 2.11. The van der Waals surface area contributed by atoms with Gasteiger partial charge in [0.2, 0.25) is 11.9 Å². The number of rotatable bonds is 5. The van der Waals surface area contributed by atoms with Gasteiger partial charge in [0.1, 0.15) is 0 Å². The molecule has 0 fully saturated rings. The van der Waals surface area contributed by atoms with Gasteiger partial charge in [0.05, 0.1) is 5.56 Å². The smallest absolute Gasteiger partial charge is 0.340 e. The van der Waals surface area contributed by atoms with Crippen LogP contribution in [-0.2, 0) is 11.3 Å². The van der Waals surface area contributed by atoms with Crippen LogP contribution in [-0.4, -0.2) is 42.1 Å². The van der Waals surface area contributed by atoms with Crippen molar-refractivity contribution in [1.29, 1.82) is 0 Å². The van der Waals surface area contributed by atoms with Crippen LogP contribution in [0.25, 0.3) is 0 Å². The number of nitrogens with one attached hydrogen (secondary N) is 1. The highest BCUT2D eigenvalue weighted by Gasteiger charge is 2.13. The van der Waals surface area contributed by atoms with E-state index in [9.17, 15) is 4.79 Å². The van der Waals surface area contributed by atoms with Crippen molar-refractivity contribution in [1.82, 2.24) is 15.0 Å². The van der Waals surface area contributed by atoms with Gasteiger partial charge in [-0.2, -0.15) is 15.0 Å². The van der Waals surface area contributed by atoms with Gasteiger partial charge in [-0.25, -0.2) is 4.79 Å². The van der Waals surface area contributed by atoms with Crippen molar-refractivity contribution in [3.8, 4) is 0 Å². The molecule has 0 amide bonds. The molecule has 1 aromatic carbocycles. The second kappa shape index (κ2) is 6.70. The van der Waals surface area contributed by atoms with Gasteiger partial charge in [0, 0.05) is 26.8 Å². The molecule has 0 aliphatic heterocycles. The first kappa shape index (κ1) is 15.5. The fourth-order valence-electron chi connectivity index (χ4n) is 1.78. The number of hydrogen-bond acceptors (Lipinski definition) is 8. The summed E-state index contributed by atoms with van der Waals surface area (Å²) in [6.45, 7) is -0.0789. The predicted octanol–water partition coefficient (Wildman–Crippen LogP) is 0.918. The number of nitrogens with zero attached hydrogens (tertiary/aromatic N) is 4. The van der Waals surface area contributed by atoms with Gasteiger partial charge in [-0.15, -0.1) is 0 Å². The predicted molar refractivity (Wildman–Crippen MR) is 83.7 cm³/mol. The molecule has 1 aromatic heterocycles. The van der Waals surface area contributed by atoms with Crippen LogP contribution >= 0.6 is 0 Å². The summed E-state index contributed by atoms with van der Waals surface area (Å²) >= 11 is 0. The van der Waals surface area contributed by atoms with E-state index in [1.165, 1.54) is 0 Å². The highest BCUT2D eigenvalue weighted by atomic mass is 16.5. The lowest BCUT2D eigenvalue weighted by atomic mass is 10.2. The van der Waals surface area contributed by atoms with Crippen molar-refractivity contribution in [3.63, 3.8) is 0 Å². The lowest BCUT2D eigenvalue weighted by molar-refractivity contribution is 0.0463. The third kappa shape index (κ3) is 3.60. The Bertz CT molecular complexity index is 674. The minimum Gasteiger partial charge on any atom is -0.454 e. The van der Waals surface area contributed by atoms with Gasteiger partial charge in [0.25, 0.3) is 0 Å². The summed E-state index contributed by atoms with van der Waals surface area (Å²) in [6.07, 6.45) is 0. The molecule has 0 aliphatic rings. The Morgan fingerprint density at radius 3 is 2.68 bits per heavy atom. The zero-order valence-electron chi connectivity index (χ0n) is 12.7. The van der Waals surface area contributed by atoms with Crippen molar-refractivity contribution in [2.24, 2.45) is 0 Å². The van der Waals surface area contributed by atoms with E-state index < -0.39 is 5.97 Å². The molecule has 2 aromatic rings.